The van der Waals surface area contributed by atoms with Crippen molar-refractivity contribution in [3.63, 3.8) is 0 Å². The van der Waals surface area contributed by atoms with Gasteiger partial charge in [-0.05, 0) is 56.3 Å². The number of halogens is 1. The number of rotatable bonds is 4. The topological polar surface area (TPSA) is 61.4 Å². The number of carbonyl (C=O) groups excluding carboxylic acids is 2. The van der Waals surface area contributed by atoms with Gasteiger partial charge < -0.3 is 15.5 Å². The number of benzene rings is 1. The fourth-order valence-electron chi connectivity index (χ4n) is 3.50. The Morgan fingerprint density at radius 3 is 2.92 bits per heavy atom. The molecule has 5 nitrogen and oxygen atoms in total. The third-order valence-corrected chi connectivity index (χ3v) is 5.05. The molecule has 6 heteroatoms. The molecule has 1 aromatic carbocycles. The van der Waals surface area contributed by atoms with Crippen LogP contribution in [0.2, 0.25) is 5.02 Å². The maximum atomic E-state index is 12.6. The van der Waals surface area contributed by atoms with Gasteiger partial charge in [-0.1, -0.05) is 17.7 Å². The molecule has 2 amide bonds. The lowest BCUT2D eigenvalue weighted by Gasteiger charge is -2.33. The quantitative estimate of drug-likeness (QED) is 0.874. The van der Waals surface area contributed by atoms with E-state index >= 15 is 0 Å². The summed E-state index contributed by atoms with van der Waals surface area (Å²) in [4.78, 5) is 26.6. The summed E-state index contributed by atoms with van der Waals surface area (Å²) in [7, 11) is 0. The standard InChI is InChI=1S/C18H24ClN3O2/c19-15-6-1-5-14(10-15)18(24)22-9-3-4-13(12-22)11-21-17(23)16-7-2-8-20-16/h1,5-6,10,13,16,20H,2-4,7-9,11-12H2,(H,21,23)/t13-,16-/m1/s1. The molecule has 3 rings (SSSR count). The number of amides is 2. The van der Waals surface area contributed by atoms with E-state index in [0.29, 0.717) is 29.6 Å². The van der Waals surface area contributed by atoms with Crippen molar-refractivity contribution in [1.29, 1.82) is 0 Å². The smallest absolute Gasteiger partial charge is 0.253 e. The highest BCUT2D eigenvalue weighted by molar-refractivity contribution is 6.30. The van der Waals surface area contributed by atoms with Crippen molar-refractivity contribution in [3.8, 4) is 0 Å². The highest BCUT2D eigenvalue weighted by Crippen LogP contribution is 2.20. The largest absolute Gasteiger partial charge is 0.354 e. The van der Waals surface area contributed by atoms with E-state index < -0.39 is 0 Å². The maximum Gasteiger partial charge on any atom is 0.253 e. The molecule has 0 spiro atoms. The Morgan fingerprint density at radius 1 is 1.29 bits per heavy atom. The van der Waals surface area contributed by atoms with Crippen LogP contribution in [0, 0.1) is 5.92 Å². The number of hydrogen-bond acceptors (Lipinski definition) is 3. The molecule has 1 aromatic rings. The Kier molecular flexibility index (Phi) is 5.74. The predicted molar refractivity (Wildman–Crippen MR) is 94.1 cm³/mol. The molecule has 2 atom stereocenters. The van der Waals surface area contributed by atoms with Crippen molar-refractivity contribution >= 4 is 23.4 Å². The zero-order valence-corrected chi connectivity index (χ0v) is 14.5. The molecule has 0 bridgehead atoms. The third kappa shape index (κ3) is 4.28. The summed E-state index contributed by atoms with van der Waals surface area (Å²) in [5, 5.41) is 6.83. The molecule has 2 aliphatic rings. The van der Waals surface area contributed by atoms with Gasteiger partial charge in [0.2, 0.25) is 5.91 Å². The molecule has 2 saturated heterocycles. The molecule has 0 radical (unpaired) electrons. The van der Waals surface area contributed by atoms with Gasteiger partial charge in [0.1, 0.15) is 0 Å². The van der Waals surface area contributed by atoms with Crippen molar-refractivity contribution in [2.75, 3.05) is 26.2 Å². The van der Waals surface area contributed by atoms with Gasteiger partial charge in [0.15, 0.2) is 0 Å². The van der Waals surface area contributed by atoms with Gasteiger partial charge in [-0.2, -0.15) is 0 Å². The van der Waals surface area contributed by atoms with Crippen molar-refractivity contribution in [1.82, 2.24) is 15.5 Å². The molecular formula is C18H24ClN3O2. The van der Waals surface area contributed by atoms with Crippen molar-refractivity contribution in [2.45, 2.75) is 31.7 Å². The summed E-state index contributed by atoms with van der Waals surface area (Å²) in [6.45, 7) is 3.00. The second-order valence-corrected chi connectivity index (χ2v) is 7.10. The lowest BCUT2D eigenvalue weighted by Crippen LogP contribution is -2.46. The van der Waals surface area contributed by atoms with E-state index in [0.717, 1.165) is 38.8 Å². The van der Waals surface area contributed by atoms with Gasteiger partial charge in [0.25, 0.3) is 5.91 Å². The molecule has 2 heterocycles. The van der Waals surface area contributed by atoms with E-state index in [2.05, 4.69) is 10.6 Å². The van der Waals surface area contributed by atoms with Crippen LogP contribution in [0.4, 0.5) is 0 Å². The van der Waals surface area contributed by atoms with Crippen LogP contribution in [0.25, 0.3) is 0 Å². The van der Waals surface area contributed by atoms with Gasteiger partial charge in [0.05, 0.1) is 6.04 Å². The van der Waals surface area contributed by atoms with Gasteiger partial charge in [-0.25, -0.2) is 0 Å². The average Bonchev–Trinajstić information content (AvgIpc) is 3.14. The predicted octanol–water partition coefficient (Wildman–Crippen LogP) is 2.06. The Balaban J connectivity index is 1.52. The molecule has 2 aliphatic heterocycles. The minimum atomic E-state index is -0.0437. The van der Waals surface area contributed by atoms with Gasteiger partial charge >= 0.3 is 0 Å². The maximum absolute atomic E-state index is 12.6. The Morgan fingerprint density at radius 2 is 2.17 bits per heavy atom. The summed E-state index contributed by atoms with van der Waals surface area (Å²) < 4.78 is 0. The zero-order chi connectivity index (χ0) is 16.9. The molecule has 2 N–H and O–H groups in total. The summed E-state index contributed by atoms with van der Waals surface area (Å²) in [6, 6.07) is 7.03. The normalized spacial score (nSPS) is 24.0. The summed E-state index contributed by atoms with van der Waals surface area (Å²) in [5.74, 6) is 0.420. The number of nitrogens with one attached hydrogen (secondary N) is 2. The first-order valence-corrected chi connectivity index (χ1v) is 9.07. The third-order valence-electron chi connectivity index (χ3n) is 4.82. The molecule has 0 unspecified atom stereocenters. The van der Waals surface area contributed by atoms with Gasteiger partial charge in [-0.15, -0.1) is 0 Å². The van der Waals surface area contributed by atoms with Crippen molar-refractivity contribution in [3.05, 3.63) is 34.9 Å². The first-order valence-electron chi connectivity index (χ1n) is 8.69. The zero-order valence-electron chi connectivity index (χ0n) is 13.8. The molecule has 0 saturated carbocycles. The van der Waals surface area contributed by atoms with E-state index in [9.17, 15) is 9.59 Å². The number of piperidine rings is 1. The molecule has 130 valence electrons. The Labute approximate surface area is 147 Å². The highest BCUT2D eigenvalue weighted by Gasteiger charge is 2.26. The van der Waals surface area contributed by atoms with Crippen LogP contribution in [0.3, 0.4) is 0 Å². The van der Waals surface area contributed by atoms with E-state index in [-0.39, 0.29) is 17.9 Å². The van der Waals surface area contributed by atoms with E-state index in [4.69, 9.17) is 11.6 Å². The molecular weight excluding hydrogens is 326 g/mol. The monoisotopic (exact) mass is 349 g/mol. The van der Waals surface area contributed by atoms with Gasteiger partial charge in [0, 0.05) is 30.2 Å². The lowest BCUT2D eigenvalue weighted by molar-refractivity contribution is -0.123. The first-order chi connectivity index (χ1) is 11.6. The minimum absolute atomic E-state index is 0.0194. The van der Waals surface area contributed by atoms with Crippen LogP contribution in [-0.4, -0.2) is 48.9 Å². The van der Waals surface area contributed by atoms with Crippen LogP contribution in [0.5, 0.6) is 0 Å². The van der Waals surface area contributed by atoms with E-state index in [1.807, 2.05) is 4.90 Å². The van der Waals surface area contributed by atoms with Crippen LogP contribution in [-0.2, 0) is 4.79 Å². The number of nitrogens with zero attached hydrogens (tertiary/aromatic N) is 1. The lowest BCUT2D eigenvalue weighted by atomic mass is 9.97. The SMILES string of the molecule is O=C(NC[C@H]1CCCN(C(=O)c2cccc(Cl)c2)C1)[C@H]1CCCN1. The van der Waals surface area contributed by atoms with Crippen LogP contribution in [0.15, 0.2) is 24.3 Å². The number of likely N-dealkylation sites (tertiary alicyclic amines) is 1. The summed E-state index contributed by atoms with van der Waals surface area (Å²) >= 11 is 5.98. The molecule has 24 heavy (non-hydrogen) atoms. The average molecular weight is 350 g/mol. The summed E-state index contributed by atoms with van der Waals surface area (Å²) in [5.41, 5.74) is 0.627. The second kappa shape index (κ2) is 7.99. The minimum Gasteiger partial charge on any atom is -0.354 e. The molecule has 0 aromatic heterocycles. The second-order valence-electron chi connectivity index (χ2n) is 6.66. The first kappa shape index (κ1) is 17.2. The fraction of sp³-hybridized carbons (Fsp3) is 0.556. The van der Waals surface area contributed by atoms with E-state index in [1.54, 1.807) is 24.3 Å². The Bertz CT molecular complexity index is 602. The van der Waals surface area contributed by atoms with Crippen molar-refractivity contribution in [2.24, 2.45) is 5.92 Å². The van der Waals surface area contributed by atoms with E-state index in [1.165, 1.54) is 0 Å². The van der Waals surface area contributed by atoms with Gasteiger partial charge in [-0.3, -0.25) is 9.59 Å². The highest BCUT2D eigenvalue weighted by atomic mass is 35.5. The Hall–Kier alpha value is -1.59. The molecule has 0 aliphatic carbocycles. The fourth-order valence-corrected chi connectivity index (χ4v) is 3.69. The van der Waals surface area contributed by atoms with Crippen LogP contribution in [0.1, 0.15) is 36.0 Å². The number of carbonyl (C=O) groups is 2. The van der Waals surface area contributed by atoms with Crippen molar-refractivity contribution < 1.29 is 9.59 Å². The van der Waals surface area contributed by atoms with Crippen LogP contribution < -0.4 is 10.6 Å². The molecule has 2 fully saturated rings. The summed E-state index contributed by atoms with van der Waals surface area (Å²) in [6.07, 6.45) is 3.98. The number of hydrogen-bond donors (Lipinski definition) is 2. The van der Waals surface area contributed by atoms with Crippen LogP contribution >= 0.6 is 11.6 Å².